The van der Waals surface area contributed by atoms with E-state index >= 15 is 4.39 Å². The summed E-state index contributed by atoms with van der Waals surface area (Å²) in [5.41, 5.74) is 6.58. The van der Waals surface area contributed by atoms with Gasteiger partial charge < -0.3 is 15.8 Å². The highest BCUT2D eigenvalue weighted by atomic mass is 19.1. The van der Waals surface area contributed by atoms with Crippen molar-refractivity contribution in [3.63, 3.8) is 0 Å². The zero-order chi connectivity index (χ0) is 19.2. The lowest BCUT2D eigenvalue weighted by molar-refractivity contribution is -0.154. The molecular formula is C18H34FN5O2. The van der Waals surface area contributed by atoms with Crippen LogP contribution in [0.2, 0.25) is 0 Å². The van der Waals surface area contributed by atoms with E-state index in [1.54, 1.807) is 0 Å². The highest BCUT2D eigenvalue weighted by Gasteiger charge is 2.44. The number of ether oxygens (including phenoxy) is 1. The highest BCUT2D eigenvalue weighted by Crippen LogP contribution is 2.44. The summed E-state index contributed by atoms with van der Waals surface area (Å²) >= 11 is 0. The molecule has 1 heterocycles. The summed E-state index contributed by atoms with van der Waals surface area (Å²) in [6, 6.07) is -0.327. The van der Waals surface area contributed by atoms with E-state index in [4.69, 9.17) is 16.3 Å². The van der Waals surface area contributed by atoms with E-state index in [-0.39, 0.29) is 24.0 Å². The minimum Gasteiger partial charge on any atom is -0.461 e. The van der Waals surface area contributed by atoms with Crippen LogP contribution < -0.4 is 22.4 Å². The Bertz CT molecular complexity index is 500. The van der Waals surface area contributed by atoms with Crippen molar-refractivity contribution >= 4 is 11.8 Å². The van der Waals surface area contributed by atoms with Gasteiger partial charge >= 0.3 is 5.97 Å². The molecule has 0 radical (unpaired) electrons. The van der Waals surface area contributed by atoms with Gasteiger partial charge in [0.2, 0.25) is 0 Å². The summed E-state index contributed by atoms with van der Waals surface area (Å²) < 4.78 is 20.9. The number of halogens is 1. The Kier molecular flexibility index (Phi) is 7.64. The maximum absolute atomic E-state index is 15.3. The van der Waals surface area contributed by atoms with Gasteiger partial charge in [0, 0.05) is 6.42 Å². The van der Waals surface area contributed by atoms with Gasteiger partial charge in [0.15, 0.2) is 0 Å². The average Bonchev–Trinajstić information content (AvgIpc) is 2.64. The van der Waals surface area contributed by atoms with E-state index < -0.39 is 5.67 Å². The molecule has 1 saturated heterocycles. The van der Waals surface area contributed by atoms with Crippen LogP contribution in [0.4, 0.5) is 4.39 Å². The fourth-order valence-electron chi connectivity index (χ4n) is 4.24. The third-order valence-electron chi connectivity index (χ3n) is 5.94. The Morgan fingerprint density at radius 3 is 2.81 bits per heavy atom. The van der Waals surface area contributed by atoms with Crippen LogP contribution in [-0.2, 0) is 9.53 Å². The number of alkyl halides is 1. The summed E-state index contributed by atoms with van der Waals surface area (Å²) in [6.07, 6.45) is 4.77. The number of nitrogens with zero attached hydrogens (tertiary/aromatic N) is 1. The molecule has 2 fully saturated rings. The van der Waals surface area contributed by atoms with E-state index in [0.717, 1.165) is 25.8 Å². The Labute approximate surface area is 155 Å². The van der Waals surface area contributed by atoms with Crippen LogP contribution in [0, 0.1) is 11.8 Å². The molecule has 26 heavy (non-hydrogen) atoms. The average molecular weight is 372 g/mol. The Morgan fingerprint density at radius 1 is 1.42 bits per heavy atom. The second-order valence-corrected chi connectivity index (χ2v) is 7.72. The van der Waals surface area contributed by atoms with Crippen LogP contribution in [0.15, 0.2) is 5.10 Å². The molecule has 3 unspecified atom stereocenters. The van der Waals surface area contributed by atoms with E-state index in [0.29, 0.717) is 43.9 Å². The highest BCUT2D eigenvalue weighted by molar-refractivity contribution is 5.80. The van der Waals surface area contributed by atoms with Crippen LogP contribution >= 0.6 is 0 Å². The Hall–Kier alpha value is -1.41. The first kappa shape index (κ1) is 20.9. The van der Waals surface area contributed by atoms with Crippen molar-refractivity contribution in [2.45, 2.75) is 83.0 Å². The molecule has 0 amide bonds. The van der Waals surface area contributed by atoms with Gasteiger partial charge in [-0.2, -0.15) is 5.10 Å². The predicted molar refractivity (Wildman–Crippen MR) is 99.7 cm³/mol. The van der Waals surface area contributed by atoms with Crippen LogP contribution in [0.25, 0.3) is 0 Å². The van der Waals surface area contributed by atoms with Crippen LogP contribution in [0.1, 0.15) is 65.2 Å². The molecule has 2 rings (SSSR count). The minimum atomic E-state index is -1.25. The van der Waals surface area contributed by atoms with Crippen molar-refractivity contribution < 1.29 is 13.9 Å². The summed E-state index contributed by atoms with van der Waals surface area (Å²) in [6.45, 7) is 4.78. The fraction of sp³-hybridized carbons (Fsp3) is 0.889. The zero-order valence-corrected chi connectivity index (χ0v) is 16.0. The molecule has 6 N–H and O–H groups in total. The number of carbonyl (C=O) groups excluding carboxylic acids is 1. The van der Waals surface area contributed by atoms with Gasteiger partial charge in [0.25, 0.3) is 0 Å². The summed E-state index contributed by atoms with van der Waals surface area (Å²) in [7, 11) is 0. The number of rotatable bonds is 8. The van der Waals surface area contributed by atoms with Crippen molar-refractivity contribution in [1.29, 1.82) is 0 Å². The number of hydrogen-bond donors (Lipinski definition) is 4. The molecule has 1 saturated carbocycles. The molecule has 8 heteroatoms. The lowest BCUT2D eigenvalue weighted by Gasteiger charge is -2.44. The molecule has 0 bridgehead atoms. The molecule has 4 atom stereocenters. The summed E-state index contributed by atoms with van der Waals surface area (Å²) in [5, 5.41) is 6.99. The number of piperidine rings is 1. The van der Waals surface area contributed by atoms with E-state index in [9.17, 15) is 4.79 Å². The van der Waals surface area contributed by atoms with Crippen molar-refractivity contribution in [3.05, 3.63) is 0 Å². The van der Waals surface area contributed by atoms with Crippen molar-refractivity contribution in [3.8, 4) is 0 Å². The quantitative estimate of drug-likeness (QED) is 0.170. The number of nitrogens with one attached hydrogen (secondary N) is 2. The molecule has 2 aliphatic rings. The number of fused-ring (bicyclic) bond motifs is 1. The van der Waals surface area contributed by atoms with Gasteiger partial charge in [-0.15, -0.1) is 0 Å². The molecule has 1 aliphatic heterocycles. The number of nitrogens with two attached hydrogens (primary N) is 2. The first-order valence-corrected chi connectivity index (χ1v) is 9.81. The standard InChI is InChI=1S/C18H34FN5O2/c1-3-14(4-2)26-17(25)15-9-13-10-18(19,7-5-12(13)11-22-15)8-6-16(20)23-24-21/h12-15,22,24H,3-11,21H2,1-2H3,(H2,20,23)/t12?,13?,15?,18-/m0/s1. The third kappa shape index (κ3) is 5.54. The normalized spacial score (nSPS) is 32.2. The monoisotopic (exact) mass is 371 g/mol. The van der Waals surface area contributed by atoms with Crippen molar-refractivity contribution in [1.82, 2.24) is 10.9 Å². The predicted octanol–water partition coefficient (Wildman–Crippen LogP) is 1.72. The molecular weight excluding hydrogens is 337 g/mol. The number of hydrazone groups is 1. The largest absolute Gasteiger partial charge is 0.461 e. The first-order chi connectivity index (χ1) is 12.4. The van der Waals surface area contributed by atoms with E-state index in [1.807, 2.05) is 13.8 Å². The van der Waals surface area contributed by atoms with Crippen LogP contribution in [0.5, 0.6) is 0 Å². The number of hydrogen-bond acceptors (Lipinski definition) is 6. The van der Waals surface area contributed by atoms with Gasteiger partial charge in [-0.05, 0) is 63.3 Å². The molecule has 0 spiro atoms. The van der Waals surface area contributed by atoms with Gasteiger partial charge in [-0.1, -0.05) is 13.8 Å². The Balaban J connectivity index is 1.90. The Morgan fingerprint density at radius 2 is 2.15 bits per heavy atom. The van der Waals surface area contributed by atoms with Gasteiger partial charge in [0.1, 0.15) is 23.7 Å². The number of amidine groups is 1. The second kappa shape index (κ2) is 9.50. The van der Waals surface area contributed by atoms with Gasteiger partial charge in [-0.25, -0.2) is 15.8 Å². The molecule has 150 valence electrons. The van der Waals surface area contributed by atoms with Gasteiger partial charge in [0.05, 0.1) is 0 Å². The third-order valence-corrected chi connectivity index (χ3v) is 5.94. The van der Waals surface area contributed by atoms with Crippen molar-refractivity contribution in [2.24, 2.45) is 28.5 Å². The fourth-order valence-corrected chi connectivity index (χ4v) is 4.24. The molecule has 1 aliphatic carbocycles. The van der Waals surface area contributed by atoms with E-state index in [2.05, 4.69) is 16.0 Å². The summed E-state index contributed by atoms with van der Waals surface area (Å²) in [4.78, 5) is 12.4. The smallest absolute Gasteiger partial charge is 0.323 e. The molecule has 0 aromatic carbocycles. The molecule has 0 aromatic rings. The van der Waals surface area contributed by atoms with E-state index in [1.165, 1.54) is 0 Å². The van der Waals surface area contributed by atoms with Crippen LogP contribution in [-0.4, -0.2) is 36.2 Å². The first-order valence-electron chi connectivity index (χ1n) is 9.81. The maximum Gasteiger partial charge on any atom is 0.323 e. The van der Waals surface area contributed by atoms with Crippen molar-refractivity contribution in [2.75, 3.05) is 6.54 Å². The number of carbonyl (C=O) groups is 1. The number of hydrazine groups is 1. The topological polar surface area (TPSA) is 115 Å². The molecule has 0 aromatic heterocycles. The molecule has 7 nitrogen and oxygen atoms in total. The SMILES string of the molecule is CCC(CC)OC(=O)C1CC2C[C@@](F)(CC/C(N)=N/NN)CCC2CN1. The van der Waals surface area contributed by atoms with Crippen LogP contribution in [0.3, 0.4) is 0 Å². The lowest BCUT2D eigenvalue weighted by atomic mass is 9.67. The van der Waals surface area contributed by atoms with Gasteiger partial charge in [-0.3, -0.25) is 4.79 Å². The second-order valence-electron chi connectivity index (χ2n) is 7.72. The zero-order valence-electron chi connectivity index (χ0n) is 16.0. The number of esters is 1. The minimum absolute atomic E-state index is 0.0351. The maximum atomic E-state index is 15.3. The summed E-state index contributed by atoms with van der Waals surface area (Å²) in [5.74, 6) is 5.83. The lowest BCUT2D eigenvalue weighted by Crippen LogP contribution is -2.52.